The fourth-order valence-corrected chi connectivity index (χ4v) is 3.07. The lowest BCUT2D eigenvalue weighted by Crippen LogP contribution is -2.38. The van der Waals surface area contributed by atoms with Gasteiger partial charge in [0.15, 0.2) is 17.6 Å². The molecule has 2 aromatic carbocycles. The van der Waals surface area contributed by atoms with Crippen molar-refractivity contribution < 1.29 is 23.4 Å². The van der Waals surface area contributed by atoms with Crippen molar-refractivity contribution in [3.8, 4) is 22.9 Å². The topological polar surface area (TPSA) is 88.8 Å². The molecule has 0 saturated carbocycles. The molecule has 0 fully saturated rings. The van der Waals surface area contributed by atoms with Crippen LogP contribution in [0.2, 0.25) is 5.02 Å². The summed E-state index contributed by atoms with van der Waals surface area (Å²) in [5.41, 5.74) is -1.32. The molecule has 1 atom stereocenters. The molecular weight excluding hydrogens is 443 g/mol. The standard InChI is InChI=1S/C22H20ClFN2O6/c1-12-9-20(27)26(22(29)25(12)3)16-11-19(14(23)10-15(16)24)32-18-8-6-5-7-17(18)31-13(2)21(28)30-4/h5-11,13H,1-4H3. The predicted octanol–water partition coefficient (Wildman–Crippen LogP) is 3.37. The second kappa shape index (κ2) is 9.27. The first-order valence-corrected chi connectivity index (χ1v) is 9.82. The van der Waals surface area contributed by atoms with Crippen LogP contribution in [0.5, 0.6) is 17.2 Å². The summed E-state index contributed by atoms with van der Waals surface area (Å²) >= 11 is 6.16. The van der Waals surface area contributed by atoms with Crippen LogP contribution in [-0.2, 0) is 16.6 Å². The van der Waals surface area contributed by atoms with Gasteiger partial charge in [-0.3, -0.25) is 4.79 Å². The molecule has 32 heavy (non-hydrogen) atoms. The Bertz CT molecular complexity index is 1300. The van der Waals surface area contributed by atoms with Gasteiger partial charge < -0.3 is 18.8 Å². The molecule has 168 valence electrons. The summed E-state index contributed by atoms with van der Waals surface area (Å²) in [5, 5.41) is -0.0981. The van der Waals surface area contributed by atoms with Crippen molar-refractivity contribution in [2.75, 3.05) is 7.11 Å². The third-order valence-electron chi connectivity index (χ3n) is 4.71. The maximum absolute atomic E-state index is 14.7. The minimum absolute atomic E-state index is 0.0284. The number of halogens is 2. The van der Waals surface area contributed by atoms with Crippen molar-refractivity contribution in [1.82, 2.24) is 9.13 Å². The number of methoxy groups -OCH3 is 1. The zero-order valence-corrected chi connectivity index (χ0v) is 18.5. The van der Waals surface area contributed by atoms with Crippen molar-refractivity contribution in [2.24, 2.45) is 7.05 Å². The van der Waals surface area contributed by atoms with E-state index in [1.807, 2.05) is 0 Å². The number of hydrogen-bond donors (Lipinski definition) is 0. The van der Waals surface area contributed by atoms with Crippen LogP contribution in [0.1, 0.15) is 12.6 Å². The van der Waals surface area contributed by atoms with Crippen LogP contribution in [0.3, 0.4) is 0 Å². The van der Waals surface area contributed by atoms with Crippen LogP contribution in [0.15, 0.2) is 52.1 Å². The van der Waals surface area contributed by atoms with Gasteiger partial charge in [0, 0.05) is 24.9 Å². The van der Waals surface area contributed by atoms with Gasteiger partial charge in [-0.15, -0.1) is 0 Å². The number of aryl methyl sites for hydroxylation is 1. The summed E-state index contributed by atoms with van der Waals surface area (Å²) in [6.07, 6.45) is -0.918. The zero-order chi connectivity index (χ0) is 23.6. The highest BCUT2D eigenvalue weighted by Crippen LogP contribution is 2.37. The number of esters is 1. The molecule has 8 nitrogen and oxygen atoms in total. The van der Waals surface area contributed by atoms with E-state index in [2.05, 4.69) is 4.74 Å². The molecule has 1 unspecified atom stereocenters. The molecule has 1 aromatic heterocycles. The van der Waals surface area contributed by atoms with E-state index < -0.39 is 29.1 Å². The number of benzene rings is 2. The van der Waals surface area contributed by atoms with Crippen LogP contribution in [0.4, 0.5) is 4.39 Å². The Morgan fingerprint density at radius 1 is 1.09 bits per heavy atom. The molecule has 0 aliphatic rings. The van der Waals surface area contributed by atoms with Crippen molar-refractivity contribution in [1.29, 1.82) is 0 Å². The van der Waals surface area contributed by atoms with Crippen LogP contribution < -0.4 is 20.7 Å². The first kappa shape index (κ1) is 23.1. The highest BCUT2D eigenvalue weighted by molar-refractivity contribution is 6.32. The Labute approximate surface area is 187 Å². The van der Waals surface area contributed by atoms with Gasteiger partial charge in [-0.2, -0.15) is 0 Å². The van der Waals surface area contributed by atoms with Crippen molar-refractivity contribution in [2.45, 2.75) is 20.0 Å². The van der Waals surface area contributed by atoms with Crippen molar-refractivity contribution in [3.05, 3.63) is 79.8 Å². The molecule has 0 radical (unpaired) electrons. The van der Waals surface area contributed by atoms with Crippen LogP contribution in [0.25, 0.3) is 5.69 Å². The summed E-state index contributed by atoms with van der Waals surface area (Å²) in [6.45, 7) is 3.09. The maximum atomic E-state index is 14.7. The van der Waals surface area contributed by atoms with E-state index >= 15 is 0 Å². The SMILES string of the molecule is COC(=O)C(C)Oc1ccccc1Oc1cc(-n2c(=O)cc(C)n(C)c2=O)c(F)cc1Cl. The number of ether oxygens (including phenoxy) is 3. The summed E-state index contributed by atoms with van der Waals surface area (Å²) < 4.78 is 32.7. The summed E-state index contributed by atoms with van der Waals surface area (Å²) in [7, 11) is 2.70. The van der Waals surface area contributed by atoms with E-state index in [0.29, 0.717) is 10.3 Å². The van der Waals surface area contributed by atoms with Crippen molar-refractivity contribution >= 4 is 17.6 Å². The van der Waals surface area contributed by atoms with E-state index in [4.69, 9.17) is 21.1 Å². The van der Waals surface area contributed by atoms with Gasteiger partial charge in [-0.05, 0) is 32.0 Å². The molecule has 10 heteroatoms. The number of aromatic nitrogens is 2. The highest BCUT2D eigenvalue weighted by atomic mass is 35.5. The minimum atomic E-state index is -0.918. The molecule has 0 N–H and O–H groups in total. The molecule has 0 aliphatic heterocycles. The molecule has 0 saturated heterocycles. The molecule has 3 aromatic rings. The van der Waals surface area contributed by atoms with Crippen LogP contribution in [-0.4, -0.2) is 28.3 Å². The fourth-order valence-electron chi connectivity index (χ4n) is 2.88. The Morgan fingerprint density at radius 2 is 1.75 bits per heavy atom. The van der Waals surface area contributed by atoms with E-state index in [1.54, 1.807) is 31.2 Å². The van der Waals surface area contributed by atoms with Gasteiger partial charge in [0.25, 0.3) is 5.56 Å². The molecule has 3 rings (SSSR count). The lowest BCUT2D eigenvalue weighted by molar-refractivity contribution is -0.147. The third-order valence-corrected chi connectivity index (χ3v) is 5.00. The lowest BCUT2D eigenvalue weighted by Gasteiger charge is -2.17. The number of nitrogens with zero attached hydrogens (tertiary/aromatic N) is 2. The summed E-state index contributed by atoms with van der Waals surface area (Å²) in [5.74, 6) is -1.12. The van der Waals surface area contributed by atoms with E-state index in [-0.39, 0.29) is 28.0 Å². The first-order valence-electron chi connectivity index (χ1n) is 9.44. The van der Waals surface area contributed by atoms with Gasteiger partial charge >= 0.3 is 11.7 Å². The van der Waals surface area contributed by atoms with Gasteiger partial charge in [-0.1, -0.05) is 23.7 Å². The second-order valence-corrected chi connectivity index (χ2v) is 7.27. The molecular formula is C22H20ClFN2O6. The van der Waals surface area contributed by atoms with E-state index in [1.165, 1.54) is 31.7 Å². The summed E-state index contributed by atoms with van der Waals surface area (Å²) in [4.78, 5) is 36.7. The Kier molecular flexibility index (Phi) is 6.69. The zero-order valence-electron chi connectivity index (χ0n) is 17.7. The van der Waals surface area contributed by atoms with E-state index in [0.717, 1.165) is 12.1 Å². The Morgan fingerprint density at radius 3 is 2.41 bits per heavy atom. The molecule has 0 spiro atoms. The number of hydrogen-bond acceptors (Lipinski definition) is 6. The van der Waals surface area contributed by atoms with Crippen LogP contribution in [0, 0.1) is 12.7 Å². The summed E-state index contributed by atoms with van der Waals surface area (Å²) in [6, 6.07) is 9.74. The quantitative estimate of drug-likeness (QED) is 0.522. The first-order chi connectivity index (χ1) is 15.1. The predicted molar refractivity (Wildman–Crippen MR) is 116 cm³/mol. The number of rotatable bonds is 6. The van der Waals surface area contributed by atoms with Gasteiger partial charge in [0.2, 0.25) is 0 Å². The Balaban J connectivity index is 2.07. The van der Waals surface area contributed by atoms with Gasteiger partial charge in [-0.25, -0.2) is 18.5 Å². The highest BCUT2D eigenvalue weighted by Gasteiger charge is 2.20. The molecule has 1 heterocycles. The second-order valence-electron chi connectivity index (χ2n) is 6.87. The van der Waals surface area contributed by atoms with Crippen molar-refractivity contribution in [3.63, 3.8) is 0 Å². The Hall–Kier alpha value is -3.59. The normalized spacial score (nSPS) is 11.7. The third kappa shape index (κ3) is 4.52. The number of carbonyl (C=O) groups excluding carboxylic acids is 1. The van der Waals surface area contributed by atoms with Crippen LogP contribution >= 0.6 is 11.6 Å². The molecule has 0 bridgehead atoms. The maximum Gasteiger partial charge on any atom is 0.346 e. The lowest BCUT2D eigenvalue weighted by atomic mass is 10.2. The van der Waals surface area contributed by atoms with Gasteiger partial charge in [0.1, 0.15) is 11.6 Å². The average Bonchev–Trinajstić information content (AvgIpc) is 2.75. The molecule has 0 aliphatic carbocycles. The monoisotopic (exact) mass is 462 g/mol. The van der Waals surface area contributed by atoms with E-state index in [9.17, 15) is 18.8 Å². The smallest absolute Gasteiger partial charge is 0.346 e. The number of carbonyl (C=O) groups is 1. The fraction of sp³-hybridized carbons (Fsp3) is 0.227. The minimum Gasteiger partial charge on any atom is -0.475 e. The van der Waals surface area contributed by atoms with Gasteiger partial charge in [0.05, 0.1) is 17.8 Å². The average molecular weight is 463 g/mol. The molecule has 0 amide bonds. The largest absolute Gasteiger partial charge is 0.475 e. The number of para-hydroxylation sites is 2.